The summed E-state index contributed by atoms with van der Waals surface area (Å²) in [6.07, 6.45) is 5.22. The van der Waals surface area contributed by atoms with Crippen LogP contribution in [0.15, 0.2) is 18.2 Å². The summed E-state index contributed by atoms with van der Waals surface area (Å²) in [5, 5.41) is 3.48. The van der Waals surface area contributed by atoms with E-state index in [9.17, 15) is 0 Å². The minimum atomic E-state index is 0.749. The second kappa shape index (κ2) is 5.64. The second-order valence-corrected chi connectivity index (χ2v) is 6.19. The van der Waals surface area contributed by atoms with Gasteiger partial charge in [-0.3, -0.25) is 4.90 Å². The third-order valence-corrected chi connectivity index (χ3v) is 4.95. The molecule has 1 aromatic carbocycles. The highest BCUT2D eigenvalue weighted by Gasteiger charge is 2.29. The first-order valence-corrected chi connectivity index (χ1v) is 7.85. The van der Waals surface area contributed by atoms with Gasteiger partial charge in [0.05, 0.1) is 0 Å². The van der Waals surface area contributed by atoms with Crippen molar-refractivity contribution >= 4 is 0 Å². The van der Waals surface area contributed by atoms with Crippen molar-refractivity contribution in [3.8, 4) is 0 Å². The lowest BCUT2D eigenvalue weighted by Gasteiger charge is -2.28. The highest BCUT2D eigenvalue weighted by molar-refractivity contribution is 5.33. The van der Waals surface area contributed by atoms with Crippen LogP contribution in [-0.2, 0) is 19.5 Å². The van der Waals surface area contributed by atoms with E-state index in [4.69, 9.17) is 0 Å². The molecule has 2 unspecified atom stereocenters. The van der Waals surface area contributed by atoms with Crippen molar-refractivity contribution in [2.75, 3.05) is 6.54 Å². The van der Waals surface area contributed by atoms with Gasteiger partial charge in [-0.1, -0.05) is 25.1 Å². The first-order valence-electron chi connectivity index (χ1n) is 7.85. The lowest BCUT2D eigenvalue weighted by atomic mass is 9.98. The summed E-state index contributed by atoms with van der Waals surface area (Å²) >= 11 is 0. The molecule has 1 saturated heterocycles. The van der Waals surface area contributed by atoms with Gasteiger partial charge in [0.25, 0.3) is 0 Å². The molecule has 2 aliphatic rings. The summed E-state index contributed by atoms with van der Waals surface area (Å²) in [5.74, 6) is 0. The Hall–Kier alpha value is -0.860. The summed E-state index contributed by atoms with van der Waals surface area (Å²) in [6, 6.07) is 8.68. The number of rotatable bonds is 3. The van der Waals surface area contributed by atoms with Crippen molar-refractivity contribution in [3.63, 3.8) is 0 Å². The minimum absolute atomic E-state index is 0.749. The zero-order valence-corrected chi connectivity index (χ0v) is 12.3. The van der Waals surface area contributed by atoms with E-state index in [0.717, 1.165) is 31.7 Å². The monoisotopic (exact) mass is 258 g/mol. The Bertz CT molecular complexity index is 441. The molecule has 3 rings (SSSR count). The normalized spacial score (nSPS) is 27.5. The number of nitrogens with zero attached hydrogens (tertiary/aromatic N) is 1. The first-order chi connectivity index (χ1) is 9.28. The smallest absolute Gasteiger partial charge is 0.0239 e. The number of fused-ring (bicyclic) bond motifs is 1. The third kappa shape index (κ3) is 2.70. The fourth-order valence-electron chi connectivity index (χ4n) is 3.69. The van der Waals surface area contributed by atoms with Gasteiger partial charge in [0.2, 0.25) is 0 Å². The SMILES string of the molecule is CCC1CCC(C)N1Cc1ccc2c(c1)CNCC2. The van der Waals surface area contributed by atoms with Crippen LogP contribution in [0.2, 0.25) is 0 Å². The van der Waals surface area contributed by atoms with Crippen LogP contribution in [0.25, 0.3) is 0 Å². The maximum absolute atomic E-state index is 3.48. The van der Waals surface area contributed by atoms with Crippen LogP contribution in [0, 0.1) is 0 Å². The Balaban J connectivity index is 1.75. The molecular formula is C17H26N2. The van der Waals surface area contributed by atoms with Crippen LogP contribution < -0.4 is 5.32 Å². The Morgan fingerprint density at radius 3 is 3.00 bits per heavy atom. The van der Waals surface area contributed by atoms with Crippen molar-refractivity contribution in [1.82, 2.24) is 10.2 Å². The molecule has 0 aromatic heterocycles. The summed E-state index contributed by atoms with van der Waals surface area (Å²) in [5.41, 5.74) is 4.56. The van der Waals surface area contributed by atoms with Crippen LogP contribution in [0.5, 0.6) is 0 Å². The maximum atomic E-state index is 3.48. The summed E-state index contributed by atoms with van der Waals surface area (Å²) in [6.45, 7) is 8.03. The average Bonchev–Trinajstić information content (AvgIpc) is 2.79. The largest absolute Gasteiger partial charge is 0.312 e. The van der Waals surface area contributed by atoms with Gasteiger partial charge in [-0.15, -0.1) is 0 Å². The third-order valence-electron chi connectivity index (χ3n) is 4.95. The van der Waals surface area contributed by atoms with Crippen molar-refractivity contribution < 1.29 is 0 Å². The standard InChI is InChI=1S/C17H26N2/c1-3-17-7-4-13(2)19(17)12-14-5-6-15-8-9-18-11-16(15)10-14/h5-6,10,13,17-18H,3-4,7-9,11-12H2,1-2H3. The summed E-state index contributed by atoms with van der Waals surface area (Å²) < 4.78 is 0. The number of hydrogen-bond donors (Lipinski definition) is 1. The molecule has 0 radical (unpaired) electrons. The van der Waals surface area contributed by atoms with E-state index in [1.807, 2.05) is 0 Å². The Morgan fingerprint density at radius 1 is 1.26 bits per heavy atom. The van der Waals surface area contributed by atoms with Gasteiger partial charge in [-0.25, -0.2) is 0 Å². The average molecular weight is 258 g/mol. The van der Waals surface area contributed by atoms with Crippen LogP contribution in [0.3, 0.4) is 0 Å². The molecule has 2 nitrogen and oxygen atoms in total. The molecule has 1 aromatic rings. The van der Waals surface area contributed by atoms with Gasteiger partial charge in [0, 0.05) is 25.2 Å². The molecule has 2 heteroatoms. The molecule has 2 heterocycles. The van der Waals surface area contributed by atoms with E-state index in [1.165, 1.54) is 36.8 Å². The fraction of sp³-hybridized carbons (Fsp3) is 0.647. The zero-order valence-electron chi connectivity index (χ0n) is 12.3. The van der Waals surface area contributed by atoms with Gasteiger partial charge < -0.3 is 5.32 Å². The molecule has 0 amide bonds. The lowest BCUT2D eigenvalue weighted by molar-refractivity contribution is 0.189. The fourth-order valence-corrected chi connectivity index (χ4v) is 3.69. The molecule has 2 aliphatic heterocycles. The summed E-state index contributed by atoms with van der Waals surface area (Å²) in [7, 11) is 0. The van der Waals surface area contributed by atoms with E-state index < -0.39 is 0 Å². The quantitative estimate of drug-likeness (QED) is 0.896. The van der Waals surface area contributed by atoms with Crippen LogP contribution in [-0.4, -0.2) is 23.5 Å². The molecule has 1 fully saturated rings. The minimum Gasteiger partial charge on any atom is -0.312 e. The van der Waals surface area contributed by atoms with Crippen molar-refractivity contribution in [3.05, 3.63) is 34.9 Å². The number of nitrogens with one attached hydrogen (secondary N) is 1. The predicted octanol–water partition coefficient (Wildman–Crippen LogP) is 3.10. The molecule has 2 atom stereocenters. The van der Waals surface area contributed by atoms with Gasteiger partial charge in [0.1, 0.15) is 0 Å². The molecule has 0 aliphatic carbocycles. The molecule has 1 N–H and O–H groups in total. The molecule has 0 spiro atoms. The number of benzene rings is 1. The second-order valence-electron chi connectivity index (χ2n) is 6.19. The molecule has 104 valence electrons. The van der Waals surface area contributed by atoms with Gasteiger partial charge in [0.15, 0.2) is 0 Å². The van der Waals surface area contributed by atoms with Crippen LogP contribution >= 0.6 is 0 Å². The van der Waals surface area contributed by atoms with E-state index in [0.29, 0.717) is 0 Å². The van der Waals surface area contributed by atoms with Gasteiger partial charge >= 0.3 is 0 Å². The van der Waals surface area contributed by atoms with Crippen LogP contribution in [0.4, 0.5) is 0 Å². The Morgan fingerprint density at radius 2 is 2.16 bits per heavy atom. The zero-order chi connectivity index (χ0) is 13.2. The Labute approximate surface area is 117 Å². The van der Waals surface area contributed by atoms with E-state index >= 15 is 0 Å². The predicted molar refractivity (Wildman–Crippen MR) is 80.2 cm³/mol. The molecule has 19 heavy (non-hydrogen) atoms. The van der Waals surface area contributed by atoms with Gasteiger partial charge in [-0.05, 0) is 55.8 Å². The Kier molecular flexibility index (Phi) is 3.90. The highest BCUT2D eigenvalue weighted by atomic mass is 15.2. The van der Waals surface area contributed by atoms with E-state index in [1.54, 1.807) is 5.56 Å². The van der Waals surface area contributed by atoms with Crippen LogP contribution in [0.1, 0.15) is 49.8 Å². The lowest BCUT2D eigenvalue weighted by Crippen LogP contribution is -2.33. The number of hydrogen-bond acceptors (Lipinski definition) is 2. The van der Waals surface area contributed by atoms with Gasteiger partial charge in [-0.2, -0.15) is 0 Å². The van der Waals surface area contributed by atoms with Crippen molar-refractivity contribution in [1.29, 1.82) is 0 Å². The molecule has 0 saturated carbocycles. The molecule has 0 bridgehead atoms. The molecular weight excluding hydrogens is 232 g/mol. The maximum Gasteiger partial charge on any atom is 0.0239 e. The summed E-state index contributed by atoms with van der Waals surface area (Å²) in [4.78, 5) is 2.71. The van der Waals surface area contributed by atoms with Crippen molar-refractivity contribution in [2.45, 2.75) is 64.7 Å². The topological polar surface area (TPSA) is 15.3 Å². The highest BCUT2D eigenvalue weighted by Crippen LogP contribution is 2.28. The van der Waals surface area contributed by atoms with Crippen molar-refractivity contribution in [2.24, 2.45) is 0 Å². The first kappa shape index (κ1) is 13.1. The van der Waals surface area contributed by atoms with E-state index in [-0.39, 0.29) is 0 Å². The van der Waals surface area contributed by atoms with E-state index in [2.05, 4.69) is 42.3 Å². The number of likely N-dealkylation sites (tertiary alicyclic amines) is 1.